The molecular weight excluding hydrogens is 406 g/mol. The van der Waals surface area contributed by atoms with Crippen LogP contribution < -0.4 is 22.3 Å². The number of aromatic nitrogens is 8. The smallest absolute Gasteiger partial charge is 0.353 e. The summed E-state index contributed by atoms with van der Waals surface area (Å²) in [5, 5.41) is 10.3. The van der Waals surface area contributed by atoms with Crippen LogP contribution in [0.5, 0.6) is 0 Å². The molecule has 3 heterocycles. The molecule has 160 valence electrons. The maximum Gasteiger partial charge on any atom is 0.368 e. The molecule has 1 aromatic carbocycles. The van der Waals surface area contributed by atoms with Gasteiger partial charge in [-0.2, -0.15) is 9.36 Å². The van der Waals surface area contributed by atoms with Crippen LogP contribution in [0, 0.1) is 0 Å². The zero-order valence-electron chi connectivity index (χ0n) is 16.8. The minimum atomic E-state index is -0.535. The van der Waals surface area contributed by atoms with Gasteiger partial charge in [0.05, 0.1) is 18.6 Å². The van der Waals surface area contributed by atoms with Gasteiger partial charge in [0.25, 0.3) is 5.56 Å². The molecule has 3 aromatic heterocycles. The molecule has 0 fully saturated rings. The number of carbonyl (C=O) groups is 1. The van der Waals surface area contributed by atoms with Crippen LogP contribution in [0.25, 0.3) is 16.9 Å². The van der Waals surface area contributed by atoms with Gasteiger partial charge in [-0.05, 0) is 22.6 Å². The van der Waals surface area contributed by atoms with Crippen molar-refractivity contribution < 1.29 is 4.79 Å². The SMILES string of the molecule is Cn1c(=O)c2c(ncn2CC(=O)NCCn2nnn(-c3ccccc3)c2=O)n(C)c1=O. The topological polar surface area (TPSA) is 144 Å². The van der Waals surface area contributed by atoms with Gasteiger partial charge in [0.1, 0.15) is 6.54 Å². The third-order valence-electron chi connectivity index (χ3n) is 4.82. The van der Waals surface area contributed by atoms with Crippen molar-refractivity contribution in [2.75, 3.05) is 6.54 Å². The van der Waals surface area contributed by atoms with Gasteiger partial charge in [0.15, 0.2) is 11.2 Å². The zero-order valence-corrected chi connectivity index (χ0v) is 16.8. The van der Waals surface area contributed by atoms with Crippen LogP contribution >= 0.6 is 0 Å². The lowest BCUT2D eigenvalue weighted by Crippen LogP contribution is -2.38. The lowest BCUT2D eigenvalue weighted by atomic mass is 10.3. The van der Waals surface area contributed by atoms with E-state index in [1.165, 1.54) is 34.2 Å². The van der Waals surface area contributed by atoms with E-state index in [1.54, 1.807) is 24.3 Å². The molecule has 13 heteroatoms. The van der Waals surface area contributed by atoms with Gasteiger partial charge < -0.3 is 9.88 Å². The Labute approximate surface area is 173 Å². The fraction of sp³-hybridized carbons (Fsp3) is 0.278. The van der Waals surface area contributed by atoms with E-state index in [0.717, 1.165) is 9.25 Å². The molecule has 0 saturated carbocycles. The minimum Gasteiger partial charge on any atom is -0.353 e. The fourth-order valence-corrected chi connectivity index (χ4v) is 3.17. The molecule has 0 bridgehead atoms. The molecule has 1 N–H and O–H groups in total. The normalized spacial score (nSPS) is 11.2. The number of benzene rings is 1. The molecule has 0 aliphatic rings. The van der Waals surface area contributed by atoms with Gasteiger partial charge in [-0.1, -0.05) is 18.2 Å². The van der Waals surface area contributed by atoms with E-state index in [4.69, 9.17) is 0 Å². The van der Waals surface area contributed by atoms with Crippen molar-refractivity contribution in [2.24, 2.45) is 14.1 Å². The summed E-state index contributed by atoms with van der Waals surface area (Å²) in [5.41, 5.74) is -0.517. The van der Waals surface area contributed by atoms with Crippen molar-refractivity contribution in [2.45, 2.75) is 13.1 Å². The Morgan fingerprint density at radius 1 is 1.00 bits per heavy atom. The van der Waals surface area contributed by atoms with Gasteiger partial charge >= 0.3 is 11.4 Å². The Balaban J connectivity index is 1.43. The van der Waals surface area contributed by atoms with Gasteiger partial charge in [-0.15, -0.1) is 0 Å². The molecule has 0 unspecified atom stereocenters. The molecule has 13 nitrogen and oxygen atoms in total. The number of rotatable bonds is 6. The first-order valence-corrected chi connectivity index (χ1v) is 9.34. The minimum absolute atomic E-state index is 0.123. The van der Waals surface area contributed by atoms with E-state index in [1.807, 2.05) is 6.07 Å². The van der Waals surface area contributed by atoms with E-state index in [2.05, 4.69) is 20.7 Å². The van der Waals surface area contributed by atoms with Crippen LogP contribution in [0.3, 0.4) is 0 Å². The Morgan fingerprint density at radius 3 is 2.48 bits per heavy atom. The fourth-order valence-electron chi connectivity index (χ4n) is 3.17. The molecule has 0 radical (unpaired) electrons. The number of aryl methyl sites for hydroxylation is 1. The van der Waals surface area contributed by atoms with Crippen LogP contribution in [-0.2, 0) is 32.0 Å². The molecule has 1 amide bonds. The highest BCUT2D eigenvalue weighted by Crippen LogP contribution is 2.05. The van der Waals surface area contributed by atoms with E-state index < -0.39 is 22.8 Å². The monoisotopic (exact) mass is 425 g/mol. The number of fused-ring (bicyclic) bond motifs is 1. The highest BCUT2D eigenvalue weighted by Gasteiger charge is 2.16. The average Bonchev–Trinajstić information content (AvgIpc) is 3.35. The third kappa shape index (κ3) is 3.56. The summed E-state index contributed by atoms with van der Waals surface area (Å²) in [6, 6.07) is 8.86. The van der Waals surface area contributed by atoms with Crippen LogP contribution in [0.4, 0.5) is 0 Å². The largest absolute Gasteiger partial charge is 0.368 e. The van der Waals surface area contributed by atoms with Crippen molar-refractivity contribution in [3.63, 3.8) is 0 Å². The maximum atomic E-state index is 12.4. The summed E-state index contributed by atoms with van der Waals surface area (Å²) in [6.45, 7) is 0.0866. The molecular formula is C18H19N9O4. The molecule has 31 heavy (non-hydrogen) atoms. The van der Waals surface area contributed by atoms with Gasteiger partial charge in [-0.25, -0.2) is 14.6 Å². The molecule has 0 spiro atoms. The Kier molecular flexibility index (Phi) is 5.07. The Hall–Kier alpha value is -4.29. The highest BCUT2D eigenvalue weighted by atomic mass is 16.2. The molecule has 4 aromatic rings. The summed E-state index contributed by atoms with van der Waals surface area (Å²) < 4.78 is 5.89. The Bertz CT molecular complexity index is 1440. The van der Waals surface area contributed by atoms with Gasteiger partial charge in [0, 0.05) is 20.6 Å². The van der Waals surface area contributed by atoms with Gasteiger partial charge in [0.2, 0.25) is 5.91 Å². The average molecular weight is 425 g/mol. The van der Waals surface area contributed by atoms with Crippen molar-refractivity contribution in [3.8, 4) is 5.69 Å². The highest BCUT2D eigenvalue weighted by molar-refractivity contribution is 5.78. The van der Waals surface area contributed by atoms with E-state index in [-0.39, 0.29) is 30.8 Å². The second kappa shape index (κ2) is 7.85. The van der Waals surface area contributed by atoms with Crippen LogP contribution in [-0.4, -0.2) is 50.9 Å². The second-order valence-electron chi connectivity index (χ2n) is 6.83. The van der Waals surface area contributed by atoms with Crippen molar-refractivity contribution in [1.29, 1.82) is 0 Å². The predicted molar refractivity (Wildman–Crippen MR) is 109 cm³/mol. The summed E-state index contributed by atoms with van der Waals surface area (Å²) in [5.74, 6) is -0.390. The van der Waals surface area contributed by atoms with Crippen LogP contribution in [0.15, 0.2) is 51.0 Å². The van der Waals surface area contributed by atoms with Crippen LogP contribution in [0.1, 0.15) is 0 Å². The predicted octanol–water partition coefficient (Wildman–Crippen LogP) is -2.01. The number of carbonyl (C=O) groups excluding carboxylic acids is 1. The standard InChI is InChI=1S/C18H19N9O4/c1-23-15-14(16(29)24(2)17(23)30)25(11-20-15)10-13(28)19-8-9-26-18(31)27(22-21-26)12-6-4-3-5-7-12/h3-7,11H,8-10H2,1-2H3,(H,19,28). The van der Waals surface area contributed by atoms with E-state index in [0.29, 0.717) is 5.69 Å². The molecule has 0 aliphatic carbocycles. The van der Waals surface area contributed by atoms with E-state index in [9.17, 15) is 19.2 Å². The first kappa shape index (κ1) is 20.0. The number of tetrazole rings is 1. The van der Waals surface area contributed by atoms with Crippen molar-refractivity contribution in [1.82, 2.24) is 43.8 Å². The van der Waals surface area contributed by atoms with E-state index >= 15 is 0 Å². The molecule has 4 rings (SSSR count). The number of nitrogens with one attached hydrogen (secondary N) is 1. The number of imidazole rings is 1. The summed E-state index contributed by atoms with van der Waals surface area (Å²) >= 11 is 0. The number of nitrogens with zero attached hydrogens (tertiary/aromatic N) is 8. The number of para-hydroxylation sites is 1. The second-order valence-corrected chi connectivity index (χ2v) is 6.83. The quantitative estimate of drug-likeness (QED) is 0.376. The molecule has 0 saturated heterocycles. The van der Waals surface area contributed by atoms with Crippen molar-refractivity contribution >= 4 is 17.1 Å². The lowest BCUT2D eigenvalue weighted by molar-refractivity contribution is -0.121. The maximum absolute atomic E-state index is 12.4. The Morgan fingerprint density at radius 2 is 1.74 bits per heavy atom. The van der Waals surface area contributed by atoms with Crippen molar-refractivity contribution in [3.05, 3.63) is 68.0 Å². The lowest BCUT2D eigenvalue weighted by Gasteiger charge is -2.07. The number of hydrogen-bond donors (Lipinski definition) is 1. The third-order valence-corrected chi connectivity index (χ3v) is 4.82. The van der Waals surface area contributed by atoms with Crippen LogP contribution in [0.2, 0.25) is 0 Å². The molecule has 0 atom stereocenters. The zero-order chi connectivity index (χ0) is 22.1. The number of amides is 1. The van der Waals surface area contributed by atoms with Gasteiger partial charge in [-0.3, -0.25) is 18.7 Å². The first-order valence-electron chi connectivity index (χ1n) is 9.34. The summed E-state index contributed by atoms with van der Waals surface area (Å²) in [4.78, 5) is 53.2. The summed E-state index contributed by atoms with van der Waals surface area (Å²) in [6.07, 6.45) is 1.33. The first-order chi connectivity index (χ1) is 14.9. The number of hydrogen-bond acceptors (Lipinski definition) is 7. The molecule has 0 aliphatic heterocycles. The summed E-state index contributed by atoms with van der Waals surface area (Å²) in [7, 11) is 2.86.